The molecule has 1 spiro atoms. The summed E-state index contributed by atoms with van der Waals surface area (Å²) in [5.74, 6) is 0.986. The number of para-hydroxylation sites is 1. The van der Waals surface area contributed by atoms with E-state index in [9.17, 15) is 0 Å². The van der Waals surface area contributed by atoms with E-state index in [0.29, 0.717) is 0 Å². The predicted molar refractivity (Wildman–Crippen MR) is 136 cm³/mol. The molecule has 0 unspecified atom stereocenters. The first-order chi connectivity index (χ1) is 15.8. The van der Waals surface area contributed by atoms with Crippen LogP contribution in [0.2, 0.25) is 0 Å². The average Bonchev–Trinajstić information content (AvgIpc) is 3.39. The Kier molecular flexibility index (Phi) is 8.11. The molecule has 0 saturated carbocycles. The average molecular weight is 598 g/mol. The molecule has 6 heteroatoms. The number of rotatable bonds is 4. The van der Waals surface area contributed by atoms with Crippen LogP contribution in [0.3, 0.4) is 0 Å². The summed E-state index contributed by atoms with van der Waals surface area (Å²) in [6, 6.07) is 17.9. The Balaban J connectivity index is 0.00000171. The van der Waals surface area contributed by atoms with Crippen LogP contribution in [0.25, 0.3) is 0 Å². The summed E-state index contributed by atoms with van der Waals surface area (Å²) >= 11 is -0.00102. The van der Waals surface area contributed by atoms with E-state index in [2.05, 4.69) is 99.9 Å². The molecule has 0 amide bonds. The number of methoxy groups -OCH3 is 1. The van der Waals surface area contributed by atoms with Gasteiger partial charge in [-0.1, -0.05) is 0 Å². The molecule has 0 bridgehead atoms. The second kappa shape index (κ2) is 10.2. The number of hydrogen-bond acceptors (Lipinski definition) is 3. The molecule has 0 atom stereocenters. The topological polar surface area (TPSA) is 15.7 Å². The second-order valence-electron chi connectivity index (χ2n) is 9.46. The smallest absolute Gasteiger partial charge is 1.00 e. The minimum Gasteiger partial charge on any atom is -1.00 e. The van der Waals surface area contributed by atoms with Crippen molar-refractivity contribution in [3.63, 3.8) is 0 Å². The van der Waals surface area contributed by atoms with Gasteiger partial charge in [0.25, 0.3) is 0 Å². The van der Waals surface area contributed by atoms with Gasteiger partial charge in [-0.05, 0) is 0 Å². The van der Waals surface area contributed by atoms with Gasteiger partial charge in [0, 0.05) is 0 Å². The third-order valence-corrected chi connectivity index (χ3v) is 9.90. The fourth-order valence-electron chi connectivity index (χ4n) is 5.81. The molecule has 0 aliphatic carbocycles. The SMILES string of the molecule is COc1ccccc1[C]1=[Ru+2][C]12N(c1c(C)cc(C)cc1C)CCN2c1c(C)cc(C)cc1C.[Cl-].[Cl-]. The molecule has 187 valence electrons. The number of nitrogens with zero attached hydrogens (tertiary/aromatic N) is 2. The molecule has 1 fully saturated rings. The maximum atomic E-state index is 5.81. The largest absolute Gasteiger partial charge is 1.00 e. The van der Waals surface area contributed by atoms with Gasteiger partial charge in [0.05, 0.1) is 0 Å². The van der Waals surface area contributed by atoms with E-state index >= 15 is 0 Å². The Hall–Kier alpha value is -1.87. The molecule has 1 saturated heterocycles. The summed E-state index contributed by atoms with van der Waals surface area (Å²) in [6.45, 7) is 15.6. The maximum absolute atomic E-state index is 5.81. The standard InChI is InChI=1S/C29H33N2O.2ClH.Ru/c1-19-14-21(3)28(22(4)15-19)30-12-13-31(29-23(5)16-20(2)17-24(29)6)27(30)18-25-10-8-9-11-26(25)32-7;;;/h8-11,14-17H,12-13H2,1-7H3;2*1H;/q;;;+2/p-2. The van der Waals surface area contributed by atoms with Crippen molar-refractivity contribution in [3.05, 3.63) is 87.5 Å². The van der Waals surface area contributed by atoms with Gasteiger partial charge in [-0.2, -0.15) is 0 Å². The van der Waals surface area contributed by atoms with Crippen molar-refractivity contribution in [2.24, 2.45) is 0 Å². The van der Waals surface area contributed by atoms with E-state index in [-0.39, 0.29) is 45.7 Å². The first-order valence-corrected chi connectivity index (χ1v) is 13.4. The molecule has 3 aromatic carbocycles. The predicted octanol–water partition coefficient (Wildman–Crippen LogP) is -0.149. The molecular formula is C29H33Cl2N2ORu. The molecule has 3 aromatic rings. The van der Waals surface area contributed by atoms with Gasteiger partial charge in [-0.3, -0.25) is 0 Å². The number of aryl methyl sites for hydroxylation is 6. The van der Waals surface area contributed by atoms with E-state index in [1.54, 1.807) is 11.2 Å². The van der Waals surface area contributed by atoms with Gasteiger partial charge in [-0.15, -0.1) is 0 Å². The van der Waals surface area contributed by atoms with Crippen LogP contribution < -0.4 is 39.4 Å². The molecule has 35 heavy (non-hydrogen) atoms. The van der Waals surface area contributed by atoms with Crippen LogP contribution in [0.1, 0.15) is 38.9 Å². The summed E-state index contributed by atoms with van der Waals surface area (Å²) in [5.41, 5.74) is 12.3. The van der Waals surface area contributed by atoms with Crippen LogP contribution in [0.4, 0.5) is 11.4 Å². The minimum atomic E-state index is -0.0586. The zero-order valence-corrected chi connectivity index (χ0v) is 24.7. The van der Waals surface area contributed by atoms with Crippen molar-refractivity contribution in [1.29, 1.82) is 0 Å². The van der Waals surface area contributed by atoms with Gasteiger partial charge >= 0.3 is 206 Å². The Morgan fingerprint density at radius 3 is 1.57 bits per heavy atom. The quantitative estimate of drug-likeness (QED) is 0.390. The van der Waals surface area contributed by atoms with Crippen molar-refractivity contribution in [1.82, 2.24) is 0 Å². The fourth-order valence-corrected chi connectivity index (χ4v) is 8.85. The fraction of sp³-hybridized carbons (Fsp3) is 0.345. The zero-order valence-electron chi connectivity index (χ0n) is 21.4. The van der Waals surface area contributed by atoms with E-state index in [1.807, 2.05) is 0 Å². The molecule has 2 heterocycles. The molecule has 0 N–H and O–H groups in total. The molecule has 0 radical (unpaired) electrons. The molecule has 2 aliphatic rings. The molecule has 3 nitrogen and oxygen atoms in total. The zero-order chi connectivity index (χ0) is 23.5. The van der Waals surface area contributed by atoms with Crippen molar-refractivity contribution in [2.45, 2.75) is 45.8 Å². The third-order valence-electron chi connectivity index (χ3n) is 6.84. The first kappa shape index (κ1) is 27.7. The van der Waals surface area contributed by atoms with E-state index in [0.717, 1.165) is 18.8 Å². The Morgan fingerprint density at radius 2 is 1.14 bits per heavy atom. The summed E-state index contributed by atoms with van der Waals surface area (Å²) in [4.78, 5) is 5.44. The third kappa shape index (κ3) is 4.43. The molecule has 2 aliphatic heterocycles. The normalized spacial score (nSPS) is 15.5. The van der Waals surface area contributed by atoms with Gasteiger partial charge in [-0.25, -0.2) is 0 Å². The summed E-state index contributed by atoms with van der Waals surface area (Å²) in [5, 5.41) is 0. The second-order valence-corrected chi connectivity index (χ2v) is 12.0. The number of hydrogen-bond donors (Lipinski definition) is 0. The van der Waals surface area contributed by atoms with Gasteiger partial charge < -0.3 is 24.8 Å². The summed E-state index contributed by atoms with van der Waals surface area (Å²) < 4.78 is 7.30. The summed E-state index contributed by atoms with van der Waals surface area (Å²) in [7, 11) is 1.79. The van der Waals surface area contributed by atoms with E-state index in [1.165, 1.54) is 50.3 Å². The molecular weight excluding hydrogens is 564 g/mol. The van der Waals surface area contributed by atoms with Crippen molar-refractivity contribution < 1.29 is 46.2 Å². The van der Waals surface area contributed by atoms with Crippen molar-refractivity contribution in [2.75, 3.05) is 30.0 Å². The Bertz CT molecular complexity index is 1190. The molecule has 5 rings (SSSR count). The number of anilines is 2. The summed E-state index contributed by atoms with van der Waals surface area (Å²) in [6.07, 6.45) is 0. The van der Waals surface area contributed by atoms with Crippen LogP contribution in [0, 0.1) is 41.5 Å². The van der Waals surface area contributed by atoms with E-state index in [4.69, 9.17) is 4.74 Å². The van der Waals surface area contributed by atoms with Gasteiger partial charge in [0.1, 0.15) is 0 Å². The molecule has 0 aromatic heterocycles. The van der Waals surface area contributed by atoms with Crippen LogP contribution in [0.15, 0.2) is 48.5 Å². The van der Waals surface area contributed by atoms with E-state index < -0.39 is 0 Å². The Labute approximate surface area is 229 Å². The Morgan fingerprint density at radius 1 is 0.714 bits per heavy atom. The number of ether oxygens (including phenoxy) is 1. The minimum absolute atomic E-state index is 0. The van der Waals surface area contributed by atoms with Gasteiger partial charge in [0.15, 0.2) is 0 Å². The van der Waals surface area contributed by atoms with Crippen molar-refractivity contribution in [3.8, 4) is 5.75 Å². The van der Waals surface area contributed by atoms with Gasteiger partial charge in [0.2, 0.25) is 0 Å². The van der Waals surface area contributed by atoms with Crippen LogP contribution >= 0.6 is 0 Å². The van der Waals surface area contributed by atoms with Crippen LogP contribution in [-0.4, -0.2) is 28.6 Å². The first-order valence-electron chi connectivity index (χ1n) is 11.6. The maximum Gasteiger partial charge on any atom is -1.00 e. The van der Waals surface area contributed by atoms with Crippen molar-refractivity contribution >= 4 is 15.5 Å². The monoisotopic (exact) mass is 597 g/mol. The number of benzene rings is 3. The van der Waals surface area contributed by atoms with Crippen LogP contribution in [-0.2, 0) is 16.7 Å². The number of halogens is 2. The van der Waals surface area contributed by atoms with Crippen LogP contribution in [0.5, 0.6) is 5.75 Å².